The molecule has 0 radical (unpaired) electrons. The minimum atomic E-state index is 0.203. The van der Waals surface area contributed by atoms with Crippen LogP contribution in [-0.4, -0.2) is 28.4 Å². The van der Waals surface area contributed by atoms with Gasteiger partial charge in [0.15, 0.2) is 0 Å². The molecular weight excluding hydrogens is 296 g/mol. The Morgan fingerprint density at radius 2 is 2.17 bits per heavy atom. The van der Waals surface area contributed by atoms with Gasteiger partial charge in [-0.25, -0.2) is 0 Å². The maximum Gasteiger partial charge on any atom is 0.226 e. The number of aromatic nitrogens is 1. The molecule has 0 bridgehead atoms. The Labute approximate surface area is 144 Å². The van der Waals surface area contributed by atoms with Crippen molar-refractivity contribution in [2.24, 2.45) is 11.8 Å². The summed E-state index contributed by atoms with van der Waals surface area (Å²) in [5, 5.41) is 1.29. The topological polar surface area (TPSA) is 36.1 Å². The summed E-state index contributed by atoms with van der Waals surface area (Å²) >= 11 is 0. The Morgan fingerprint density at radius 3 is 3.00 bits per heavy atom. The number of likely N-dealkylation sites (tertiary alicyclic amines) is 1. The van der Waals surface area contributed by atoms with E-state index in [1.54, 1.807) is 0 Å². The van der Waals surface area contributed by atoms with Gasteiger partial charge in [-0.1, -0.05) is 38.5 Å². The molecular formula is C21H28N2O. The largest absolute Gasteiger partial charge is 0.361 e. The van der Waals surface area contributed by atoms with Crippen LogP contribution in [0.3, 0.4) is 0 Å². The zero-order chi connectivity index (χ0) is 16.7. The van der Waals surface area contributed by atoms with Crippen molar-refractivity contribution < 1.29 is 4.79 Å². The van der Waals surface area contributed by atoms with Crippen LogP contribution in [0.15, 0.2) is 30.5 Å². The molecule has 1 aromatic carbocycles. The molecule has 2 aliphatic rings. The molecule has 2 fully saturated rings. The third-order valence-corrected chi connectivity index (χ3v) is 6.11. The Morgan fingerprint density at radius 1 is 1.33 bits per heavy atom. The molecule has 0 spiro atoms. The average molecular weight is 324 g/mol. The number of fused-ring (bicyclic) bond motifs is 1. The van der Waals surface area contributed by atoms with Gasteiger partial charge in [-0.3, -0.25) is 4.79 Å². The highest BCUT2D eigenvalue weighted by Gasteiger charge is 2.48. The Bertz CT molecular complexity index is 734. The number of rotatable bonds is 4. The third kappa shape index (κ3) is 2.64. The van der Waals surface area contributed by atoms with E-state index in [0.717, 1.165) is 32.2 Å². The predicted molar refractivity (Wildman–Crippen MR) is 98.0 cm³/mol. The molecule has 2 aromatic rings. The van der Waals surface area contributed by atoms with Crippen molar-refractivity contribution in [3.63, 3.8) is 0 Å². The van der Waals surface area contributed by atoms with Crippen LogP contribution in [0.5, 0.6) is 0 Å². The molecule has 1 amide bonds. The standard InChI is InChI=1S/C21H28N2O/c1-3-7-20-14(2)8-6-11-23(20)21(24)17-12-16(17)18-13-22-19-10-5-4-9-15(18)19/h4-5,9-10,13-14,16-17,20,22H,3,6-8,11-12H2,1-2H3. The van der Waals surface area contributed by atoms with Crippen molar-refractivity contribution in [3.05, 3.63) is 36.0 Å². The van der Waals surface area contributed by atoms with Gasteiger partial charge in [0, 0.05) is 35.6 Å². The lowest BCUT2D eigenvalue weighted by Crippen LogP contribution is -2.48. The van der Waals surface area contributed by atoms with E-state index in [0.29, 0.717) is 23.8 Å². The van der Waals surface area contributed by atoms with Gasteiger partial charge in [-0.15, -0.1) is 0 Å². The van der Waals surface area contributed by atoms with Crippen molar-refractivity contribution in [1.82, 2.24) is 9.88 Å². The number of para-hydroxylation sites is 1. The monoisotopic (exact) mass is 324 g/mol. The lowest BCUT2D eigenvalue weighted by Gasteiger charge is -2.40. The molecule has 1 aliphatic heterocycles. The number of hydrogen-bond acceptors (Lipinski definition) is 1. The van der Waals surface area contributed by atoms with E-state index in [1.165, 1.54) is 22.9 Å². The first-order valence-corrected chi connectivity index (χ1v) is 9.57. The Kier molecular flexibility index (Phi) is 4.11. The van der Waals surface area contributed by atoms with Gasteiger partial charge in [0.1, 0.15) is 0 Å². The van der Waals surface area contributed by atoms with Gasteiger partial charge in [0.05, 0.1) is 0 Å². The summed E-state index contributed by atoms with van der Waals surface area (Å²) in [5.41, 5.74) is 2.52. The summed E-state index contributed by atoms with van der Waals surface area (Å²) < 4.78 is 0. The lowest BCUT2D eigenvalue weighted by molar-refractivity contribution is -0.138. The maximum atomic E-state index is 13.1. The number of carbonyl (C=O) groups is 1. The second-order valence-electron chi connectivity index (χ2n) is 7.75. The highest BCUT2D eigenvalue weighted by molar-refractivity contribution is 5.88. The minimum absolute atomic E-state index is 0.203. The van der Waals surface area contributed by atoms with Crippen molar-refractivity contribution in [2.75, 3.05) is 6.54 Å². The highest BCUT2D eigenvalue weighted by atomic mass is 16.2. The summed E-state index contributed by atoms with van der Waals surface area (Å²) in [7, 11) is 0. The normalized spacial score (nSPS) is 29.8. The average Bonchev–Trinajstić information content (AvgIpc) is 3.27. The van der Waals surface area contributed by atoms with E-state index in [9.17, 15) is 4.79 Å². The second kappa shape index (κ2) is 6.27. The Balaban J connectivity index is 1.52. The maximum absolute atomic E-state index is 13.1. The molecule has 1 saturated heterocycles. The van der Waals surface area contributed by atoms with E-state index in [1.807, 2.05) is 0 Å². The summed E-state index contributed by atoms with van der Waals surface area (Å²) in [5.74, 6) is 1.67. The molecule has 3 heteroatoms. The number of benzene rings is 1. The summed E-state index contributed by atoms with van der Waals surface area (Å²) in [6.07, 6.45) is 7.88. The van der Waals surface area contributed by atoms with Gasteiger partial charge in [-0.2, -0.15) is 0 Å². The number of H-pyrrole nitrogens is 1. The van der Waals surface area contributed by atoms with Crippen molar-refractivity contribution in [2.45, 2.75) is 57.9 Å². The predicted octanol–water partition coefficient (Wildman–Crippen LogP) is 4.70. The molecule has 4 unspecified atom stereocenters. The van der Waals surface area contributed by atoms with Gasteiger partial charge in [0.25, 0.3) is 0 Å². The molecule has 1 saturated carbocycles. The summed E-state index contributed by atoms with van der Waals surface area (Å²) in [6, 6.07) is 8.89. The minimum Gasteiger partial charge on any atom is -0.361 e. The van der Waals surface area contributed by atoms with Gasteiger partial charge in [0.2, 0.25) is 5.91 Å². The van der Waals surface area contributed by atoms with Crippen LogP contribution in [0.4, 0.5) is 0 Å². The zero-order valence-electron chi connectivity index (χ0n) is 14.8. The fourth-order valence-corrected chi connectivity index (χ4v) is 4.68. The smallest absolute Gasteiger partial charge is 0.226 e. The number of nitrogens with zero attached hydrogens (tertiary/aromatic N) is 1. The van der Waals surface area contributed by atoms with Crippen LogP contribution >= 0.6 is 0 Å². The van der Waals surface area contributed by atoms with Crippen LogP contribution < -0.4 is 0 Å². The van der Waals surface area contributed by atoms with Gasteiger partial charge < -0.3 is 9.88 Å². The third-order valence-electron chi connectivity index (χ3n) is 6.11. The quantitative estimate of drug-likeness (QED) is 0.869. The zero-order valence-corrected chi connectivity index (χ0v) is 14.8. The molecule has 128 valence electrons. The molecule has 3 nitrogen and oxygen atoms in total. The number of amides is 1. The lowest BCUT2D eigenvalue weighted by atomic mass is 9.87. The molecule has 4 atom stereocenters. The highest BCUT2D eigenvalue weighted by Crippen LogP contribution is 2.51. The van der Waals surface area contributed by atoms with Crippen LogP contribution in [0, 0.1) is 11.8 Å². The first-order chi connectivity index (χ1) is 11.7. The first kappa shape index (κ1) is 15.7. The van der Waals surface area contributed by atoms with Gasteiger partial charge >= 0.3 is 0 Å². The number of aromatic amines is 1. The molecule has 2 heterocycles. The molecule has 1 aliphatic carbocycles. The fraction of sp³-hybridized carbons (Fsp3) is 0.571. The first-order valence-electron chi connectivity index (χ1n) is 9.57. The number of piperidine rings is 1. The van der Waals surface area contributed by atoms with Crippen LogP contribution in [0.25, 0.3) is 10.9 Å². The van der Waals surface area contributed by atoms with Crippen molar-refractivity contribution in [3.8, 4) is 0 Å². The fourth-order valence-electron chi connectivity index (χ4n) is 4.68. The Hall–Kier alpha value is -1.77. The molecule has 1 aromatic heterocycles. The van der Waals surface area contributed by atoms with Crippen LogP contribution in [0.2, 0.25) is 0 Å². The van der Waals surface area contributed by atoms with Crippen LogP contribution in [-0.2, 0) is 4.79 Å². The second-order valence-corrected chi connectivity index (χ2v) is 7.75. The van der Waals surface area contributed by atoms with Crippen LogP contribution in [0.1, 0.15) is 57.4 Å². The summed E-state index contributed by atoms with van der Waals surface area (Å²) in [4.78, 5) is 18.7. The number of carbonyl (C=O) groups excluding carboxylic acids is 1. The molecule has 4 rings (SSSR count). The van der Waals surface area contributed by atoms with Crippen molar-refractivity contribution in [1.29, 1.82) is 0 Å². The van der Waals surface area contributed by atoms with E-state index >= 15 is 0 Å². The van der Waals surface area contributed by atoms with E-state index in [4.69, 9.17) is 0 Å². The summed E-state index contributed by atoms with van der Waals surface area (Å²) in [6.45, 7) is 5.52. The van der Waals surface area contributed by atoms with E-state index in [-0.39, 0.29) is 5.92 Å². The number of hydrogen-bond donors (Lipinski definition) is 1. The SMILES string of the molecule is CCCC1C(C)CCCN1C(=O)C1CC1c1c[nH]c2ccccc12. The van der Waals surface area contributed by atoms with Gasteiger partial charge in [-0.05, 0) is 49.1 Å². The van der Waals surface area contributed by atoms with E-state index < -0.39 is 0 Å². The molecule has 1 N–H and O–H groups in total. The van der Waals surface area contributed by atoms with E-state index in [2.05, 4.69) is 54.2 Å². The number of nitrogens with one attached hydrogen (secondary N) is 1. The molecule has 24 heavy (non-hydrogen) atoms. The van der Waals surface area contributed by atoms with Crippen molar-refractivity contribution >= 4 is 16.8 Å².